The quantitative estimate of drug-likeness (QED) is 0.737. The smallest absolute Gasteiger partial charge is 0.224 e. The molecule has 1 heterocycles. The van der Waals surface area contributed by atoms with Crippen molar-refractivity contribution in [2.24, 2.45) is 5.73 Å². The number of aromatic nitrogens is 4. The average Bonchev–Trinajstić information content (AvgIpc) is 2.99. The summed E-state index contributed by atoms with van der Waals surface area (Å²) in [5.41, 5.74) is 7.02. The number of amides is 1. The monoisotopic (exact) mass is 274 g/mol. The topological polar surface area (TPSA) is 98.7 Å². The standard InChI is InChI=1S/C13H18N6O/c14-9-3-1-2-4-13(20)16-11-5-7-12(8-6-11)19-10-15-17-18-19/h5-8,10H,1-4,9,14H2,(H,16,20). The van der Waals surface area contributed by atoms with E-state index in [-0.39, 0.29) is 5.91 Å². The Morgan fingerprint density at radius 3 is 2.65 bits per heavy atom. The molecule has 0 radical (unpaired) electrons. The molecular formula is C13H18N6O. The van der Waals surface area contributed by atoms with Crippen LogP contribution in [-0.2, 0) is 4.79 Å². The summed E-state index contributed by atoms with van der Waals surface area (Å²) >= 11 is 0. The molecule has 0 atom stereocenters. The second-order valence-corrected chi connectivity index (χ2v) is 4.45. The van der Waals surface area contributed by atoms with Gasteiger partial charge in [0.1, 0.15) is 6.33 Å². The highest BCUT2D eigenvalue weighted by Crippen LogP contribution is 2.12. The number of nitrogens with one attached hydrogen (secondary N) is 1. The van der Waals surface area contributed by atoms with Crippen LogP contribution in [0.4, 0.5) is 5.69 Å². The van der Waals surface area contributed by atoms with E-state index in [4.69, 9.17) is 5.73 Å². The normalized spacial score (nSPS) is 10.4. The van der Waals surface area contributed by atoms with Crippen LogP contribution in [0.25, 0.3) is 5.69 Å². The van der Waals surface area contributed by atoms with E-state index >= 15 is 0 Å². The van der Waals surface area contributed by atoms with Gasteiger partial charge in [0.25, 0.3) is 0 Å². The van der Waals surface area contributed by atoms with Crippen molar-refractivity contribution in [2.75, 3.05) is 11.9 Å². The van der Waals surface area contributed by atoms with E-state index < -0.39 is 0 Å². The third-order valence-corrected chi connectivity index (χ3v) is 2.87. The summed E-state index contributed by atoms with van der Waals surface area (Å²) in [4.78, 5) is 11.7. The van der Waals surface area contributed by atoms with Gasteiger partial charge < -0.3 is 11.1 Å². The van der Waals surface area contributed by atoms with Gasteiger partial charge in [-0.3, -0.25) is 4.79 Å². The maximum Gasteiger partial charge on any atom is 0.224 e. The molecule has 0 unspecified atom stereocenters. The number of tetrazole rings is 1. The van der Waals surface area contributed by atoms with E-state index in [1.165, 1.54) is 6.33 Å². The van der Waals surface area contributed by atoms with Gasteiger partial charge in [-0.15, -0.1) is 5.10 Å². The first-order chi connectivity index (χ1) is 9.79. The number of hydrogen-bond acceptors (Lipinski definition) is 5. The number of hydrogen-bond donors (Lipinski definition) is 2. The average molecular weight is 274 g/mol. The molecule has 0 bridgehead atoms. The summed E-state index contributed by atoms with van der Waals surface area (Å²) in [6, 6.07) is 7.35. The molecule has 20 heavy (non-hydrogen) atoms. The summed E-state index contributed by atoms with van der Waals surface area (Å²) in [6.45, 7) is 0.681. The van der Waals surface area contributed by atoms with Gasteiger partial charge in [-0.25, -0.2) is 4.68 Å². The largest absolute Gasteiger partial charge is 0.330 e. The molecule has 0 aliphatic rings. The van der Waals surface area contributed by atoms with Crippen LogP contribution in [0.1, 0.15) is 25.7 Å². The lowest BCUT2D eigenvalue weighted by Crippen LogP contribution is -2.11. The molecule has 3 N–H and O–H groups in total. The van der Waals surface area contributed by atoms with Gasteiger partial charge in [-0.05, 0) is 54.1 Å². The number of carbonyl (C=O) groups is 1. The van der Waals surface area contributed by atoms with Crippen molar-refractivity contribution in [2.45, 2.75) is 25.7 Å². The number of unbranched alkanes of at least 4 members (excludes halogenated alkanes) is 2. The summed E-state index contributed by atoms with van der Waals surface area (Å²) < 4.78 is 1.55. The van der Waals surface area contributed by atoms with Crippen molar-refractivity contribution in [3.05, 3.63) is 30.6 Å². The van der Waals surface area contributed by atoms with Gasteiger partial charge >= 0.3 is 0 Å². The lowest BCUT2D eigenvalue weighted by molar-refractivity contribution is -0.116. The first-order valence-corrected chi connectivity index (χ1v) is 6.63. The van der Waals surface area contributed by atoms with E-state index in [0.717, 1.165) is 30.6 Å². The molecule has 7 heteroatoms. The Kier molecular flexibility index (Phi) is 5.19. The van der Waals surface area contributed by atoms with Crippen LogP contribution >= 0.6 is 0 Å². The Morgan fingerprint density at radius 1 is 1.20 bits per heavy atom. The first-order valence-electron chi connectivity index (χ1n) is 6.63. The predicted molar refractivity (Wildman–Crippen MR) is 75.3 cm³/mol. The molecule has 1 amide bonds. The molecule has 2 aromatic rings. The van der Waals surface area contributed by atoms with Gasteiger partial charge in [0, 0.05) is 12.1 Å². The molecule has 0 aliphatic carbocycles. The van der Waals surface area contributed by atoms with Gasteiger partial charge in [0.2, 0.25) is 5.91 Å². The van der Waals surface area contributed by atoms with E-state index in [9.17, 15) is 4.79 Å². The second kappa shape index (κ2) is 7.34. The Hall–Kier alpha value is -2.28. The first kappa shape index (κ1) is 14.1. The van der Waals surface area contributed by atoms with Crippen molar-refractivity contribution < 1.29 is 4.79 Å². The zero-order valence-corrected chi connectivity index (χ0v) is 11.2. The van der Waals surface area contributed by atoms with Crippen molar-refractivity contribution in [1.82, 2.24) is 20.2 Å². The van der Waals surface area contributed by atoms with Crippen molar-refractivity contribution in [3.8, 4) is 5.69 Å². The van der Waals surface area contributed by atoms with Gasteiger partial charge in [-0.2, -0.15) is 0 Å². The van der Waals surface area contributed by atoms with Crippen LogP contribution in [-0.4, -0.2) is 32.7 Å². The summed E-state index contributed by atoms with van der Waals surface area (Å²) in [6.07, 6.45) is 4.86. The highest BCUT2D eigenvalue weighted by Gasteiger charge is 2.03. The summed E-state index contributed by atoms with van der Waals surface area (Å²) in [7, 11) is 0. The Balaban J connectivity index is 1.83. The maximum atomic E-state index is 11.7. The van der Waals surface area contributed by atoms with Crippen LogP contribution in [0.5, 0.6) is 0 Å². The van der Waals surface area contributed by atoms with Crippen molar-refractivity contribution >= 4 is 11.6 Å². The molecule has 0 fully saturated rings. The molecular weight excluding hydrogens is 256 g/mol. The highest BCUT2D eigenvalue weighted by atomic mass is 16.1. The van der Waals surface area contributed by atoms with Gasteiger partial charge in [-0.1, -0.05) is 6.42 Å². The number of carbonyl (C=O) groups excluding carboxylic acids is 1. The van der Waals surface area contributed by atoms with Crippen LogP contribution in [0, 0.1) is 0 Å². The van der Waals surface area contributed by atoms with Crippen molar-refractivity contribution in [3.63, 3.8) is 0 Å². The minimum atomic E-state index is 0.0252. The lowest BCUT2D eigenvalue weighted by Gasteiger charge is -2.06. The Morgan fingerprint density at radius 2 is 2.00 bits per heavy atom. The van der Waals surface area contributed by atoms with E-state index in [1.54, 1.807) is 4.68 Å². The number of nitrogens with zero attached hydrogens (tertiary/aromatic N) is 4. The van der Waals surface area contributed by atoms with E-state index in [2.05, 4.69) is 20.8 Å². The SMILES string of the molecule is NCCCCCC(=O)Nc1ccc(-n2cnnn2)cc1. The fourth-order valence-electron chi connectivity index (χ4n) is 1.81. The van der Waals surface area contributed by atoms with Crippen LogP contribution in [0.15, 0.2) is 30.6 Å². The molecule has 0 spiro atoms. The molecule has 1 aromatic carbocycles. The molecule has 0 aliphatic heterocycles. The number of anilines is 1. The third-order valence-electron chi connectivity index (χ3n) is 2.87. The van der Waals surface area contributed by atoms with Gasteiger partial charge in [0.05, 0.1) is 5.69 Å². The van der Waals surface area contributed by atoms with Crippen LogP contribution < -0.4 is 11.1 Å². The van der Waals surface area contributed by atoms with Crippen LogP contribution in [0.2, 0.25) is 0 Å². The van der Waals surface area contributed by atoms with Crippen LogP contribution in [0.3, 0.4) is 0 Å². The third kappa shape index (κ3) is 4.13. The zero-order valence-electron chi connectivity index (χ0n) is 11.2. The van der Waals surface area contributed by atoms with E-state index in [1.807, 2.05) is 24.3 Å². The van der Waals surface area contributed by atoms with Gasteiger partial charge in [0.15, 0.2) is 0 Å². The van der Waals surface area contributed by atoms with E-state index in [0.29, 0.717) is 13.0 Å². The minimum Gasteiger partial charge on any atom is -0.330 e. The van der Waals surface area contributed by atoms with Crippen molar-refractivity contribution in [1.29, 1.82) is 0 Å². The fraction of sp³-hybridized carbons (Fsp3) is 0.385. The Bertz CT molecular complexity index is 522. The summed E-state index contributed by atoms with van der Waals surface area (Å²) in [5.74, 6) is 0.0252. The minimum absolute atomic E-state index is 0.0252. The number of benzene rings is 1. The molecule has 7 nitrogen and oxygen atoms in total. The highest BCUT2D eigenvalue weighted by molar-refractivity contribution is 5.90. The zero-order chi connectivity index (χ0) is 14.2. The second-order valence-electron chi connectivity index (χ2n) is 4.45. The maximum absolute atomic E-state index is 11.7. The molecule has 106 valence electrons. The number of nitrogens with two attached hydrogens (primary N) is 1. The molecule has 0 saturated carbocycles. The molecule has 1 aromatic heterocycles. The summed E-state index contributed by atoms with van der Waals surface area (Å²) in [5, 5.41) is 13.8. The molecule has 0 saturated heterocycles. The Labute approximate surface area is 117 Å². The predicted octanol–water partition coefficient (Wildman–Crippen LogP) is 1.12. The molecule has 2 rings (SSSR count). The number of rotatable bonds is 7. The fourth-order valence-corrected chi connectivity index (χ4v) is 1.81. The lowest BCUT2D eigenvalue weighted by atomic mass is 10.2.